The van der Waals surface area contributed by atoms with Crippen molar-refractivity contribution in [2.75, 3.05) is 13.1 Å². The molecule has 17 heavy (non-hydrogen) atoms. The number of aromatic nitrogens is 3. The second-order valence-corrected chi connectivity index (χ2v) is 6.27. The van der Waals surface area contributed by atoms with E-state index in [4.69, 9.17) is 5.11 Å². The lowest BCUT2D eigenvalue weighted by molar-refractivity contribution is -0.145. The third-order valence-corrected chi connectivity index (χ3v) is 5.24. The topological polar surface area (TPSA) is 105 Å². The Labute approximate surface area is 105 Å². The molecule has 0 spiro atoms. The van der Waals surface area contributed by atoms with Gasteiger partial charge in [-0.15, -0.1) is 5.10 Å². The molecule has 1 fully saturated rings. The van der Waals surface area contributed by atoms with Gasteiger partial charge in [0, 0.05) is 20.1 Å². The van der Waals surface area contributed by atoms with Gasteiger partial charge in [-0.25, -0.2) is 13.1 Å². The molecule has 0 saturated carbocycles. The zero-order valence-corrected chi connectivity index (χ0v) is 11.1. The molecular weight excluding hydrogens is 316 g/mol. The molecular formula is C7H9BrN4O4S. The summed E-state index contributed by atoms with van der Waals surface area (Å²) in [5.41, 5.74) is 0. The molecule has 1 saturated heterocycles. The zero-order valence-electron chi connectivity index (χ0n) is 8.74. The monoisotopic (exact) mass is 324 g/mol. The fourth-order valence-corrected chi connectivity index (χ4v) is 4.07. The van der Waals surface area contributed by atoms with E-state index in [1.54, 1.807) is 0 Å². The Morgan fingerprint density at radius 1 is 1.53 bits per heavy atom. The molecule has 0 atom stereocenters. The van der Waals surface area contributed by atoms with E-state index in [0.29, 0.717) is 0 Å². The van der Waals surface area contributed by atoms with E-state index >= 15 is 0 Å². The van der Waals surface area contributed by atoms with Crippen LogP contribution < -0.4 is 0 Å². The SMILES string of the molecule is Cn1nnc(Br)c1S(=O)(=O)N1CC(C(=O)O)C1. The van der Waals surface area contributed by atoms with Gasteiger partial charge in [-0.05, 0) is 15.9 Å². The molecule has 1 aliphatic heterocycles. The summed E-state index contributed by atoms with van der Waals surface area (Å²) < 4.78 is 26.5. The van der Waals surface area contributed by atoms with Crippen molar-refractivity contribution in [1.82, 2.24) is 19.3 Å². The number of sulfonamides is 1. The highest BCUT2D eigenvalue weighted by Gasteiger charge is 2.42. The average Bonchev–Trinajstić information content (AvgIpc) is 2.41. The van der Waals surface area contributed by atoms with E-state index in [-0.39, 0.29) is 22.7 Å². The summed E-state index contributed by atoms with van der Waals surface area (Å²) in [6, 6.07) is 0. The van der Waals surface area contributed by atoms with E-state index in [1.807, 2.05) is 0 Å². The normalized spacial score (nSPS) is 18.0. The first-order chi connectivity index (χ1) is 7.84. The van der Waals surface area contributed by atoms with Crippen LogP contribution in [0.4, 0.5) is 0 Å². The van der Waals surface area contributed by atoms with Crippen LogP contribution in [0.3, 0.4) is 0 Å². The minimum Gasteiger partial charge on any atom is -0.481 e. The lowest BCUT2D eigenvalue weighted by Gasteiger charge is -2.34. The second-order valence-electron chi connectivity index (χ2n) is 3.67. The highest BCUT2D eigenvalue weighted by atomic mass is 79.9. The summed E-state index contributed by atoms with van der Waals surface area (Å²) in [4.78, 5) is 10.6. The molecule has 0 aromatic carbocycles. The molecule has 0 aliphatic carbocycles. The number of aryl methyl sites for hydroxylation is 1. The molecule has 2 heterocycles. The number of rotatable bonds is 3. The maximum Gasteiger partial charge on any atom is 0.309 e. The number of halogens is 1. The molecule has 0 unspecified atom stereocenters. The van der Waals surface area contributed by atoms with Gasteiger partial charge in [-0.1, -0.05) is 5.21 Å². The van der Waals surface area contributed by atoms with Crippen LogP contribution in [0.25, 0.3) is 0 Å². The number of hydrogen-bond acceptors (Lipinski definition) is 5. The Hall–Kier alpha value is -1.00. The average molecular weight is 325 g/mol. The predicted molar refractivity (Wildman–Crippen MR) is 58.6 cm³/mol. The van der Waals surface area contributed by atoms with Crippen molar-refractivity contribution in [1.29, 1.82) is 0 Å². The molecule has 0 radical (unpaired) electrons. The number of aliphatic carboxylic acids is 1. The molecule has 1 aromatic rings. The highest BCUT2D eigenvalue weighted by molar-refractivity contribution is 9.10. The summed E-state index contributed by atoms with van der Waals surface area (Å²) >= 11 is 3.00. The maximum absolute atomic E-state index is 12.1. The summed E-state index contributed by atoms with van der Waals surface area (Å²) in [5.74, 6) is -1.62. The Balaban J connectivity index is 2.25. The Bertz CT molecular complexity index is 543. The van der Waals surface area contributed by atoms with Crippen molar-refractivity contribution in [3.8, 4) is 0 Å². The van der Waals surface area contributed by atoms with Gasteiger partial charge in [0.2, 0.25) is 5.03 Å². The van der Waals surface area contributed by atoms with Gasteiger partial charge in [0.25, 0.3) is 10.0 Å². The van der Waals surface area contributed by atoms with Crippen LogP contribution in [0.2, 0.25) is 0 Å². The third-order valence-electron chi connectivity index (χ3n) is 2.52. The molecule has 0 bridgehead atoms. The van der Waals surface area contributed by atoms with E-state index in [0.717, 1.165) is 8.99 Å². The summed E-state index contributed by atoms with van der Waals surface area (Å²) in [5, 5.41) is 15.8. The van der Waals surface area contributed by atoms with Crippen molar-refractivity contribution in [2.24, 2.45) is 13.0 Å². The number of hydrogen-bond donors (Lipinski definition) is 1. The smallest absolute Gasteiger partial charge is 0.309 e. The van der Waals surface area contributed by atoms with Crippen LogP contribution in [0.1, 0.15) is 0 Å². The van der Waals surface area contributed by atoms with E-state index in [1.165, 1.54) is 7.05 Å². The molecule has 1 aliphatic rings. The van der Waals surface area contributed by atoms with Crippen LogP contribution in [0.15, 0.2) is 9.63 Å². The van der Waals surface area contributed by atoms with E-state index < -0.39 is 21.9 Å². The fraction of sp³-hybridized carbons (Fsp3) is 0.571. The summed E-state index contributed by atoms with van der Waals surface area (Å²) in [6.45, 7) is -0.0371. The Morgan fingerprint density at radius 3 is 2.53 bits per heavy atom. The van der Waals surface area contributed by atoms with Gasteiger partial charge in [0.15, 0.2) is 4.60 Å². The second kappa shape index (κ2) is 4.03. The quantitative estimate of drug-likeness (QED) is 0.786. The largest absolute Gasteiger partial charge is 0.481 e. The van der Waals surface area contributed by atoms with Crippen LogP contribution in [-0.4, -0.2) is 51.9 Å². The lowest BCUT2D eigenvalue weighted by atomic mass is 10.0. The molecule has 10 heteroatoms. The van der Waals surface area contributed by atoms with Gasteiger partial charge >= 0.3 is 5.97 Å². The molecule has 94 valence electrons. The first-order valence-corrected chi connectivity index (χ1v) is 6.85. The maximum atomic E-state index is 12.1. The predicted octanol–water partition coefficient (Wildman–Crippen LogP) is -0.717. The molecule has 0 amide bonds. The highest BCUT2D eigenvalue weighted by Crippen LogP contribution is 2.28. The van der Waals surface area contributed by atoms with Crippen molar-refractivity contribution >= 4 is 31.9 Å². The third kappa shape index (κ3) is 1.96. The Kier molecular flexibility index (Phi) is 2.96. The number of nitrogens with zero attached hydrogens (tertiary/aromatic N) is 4. The number of carboxylic acids is 1. The van der Waals surface area contributed by atoms with Crippen molar-refractivity contribution in [2.45, 2.75) is 5.03 Å². The van der Waals surface area contributed by atoms with E-state index in [9.17, 15) is 13.2 Å². The first-order valence-electron chi connectivity index (χ1n) is 4.62. The van der Waals surface area contributed by atoms with Gasteiger partial charge < -0.3 is 5.11 Å². The minimum atomic E-state index is -3.73. The first kappa shape index (κ1) is 12.5. The zero-order chi connectivity index (χ0) is 12.8. The van der Waals surface area contributed by atoms with Gasteiger partial charge in [-0.3, -0.25) is 4.79 Å². The van der Waals surface area contributed by atoms with Crippen LogP contribution in [0, 0.1) is 5.92 Å². The van der Waals surface area contributed by atoms with Gasteiger partial charge in [-0.2, -0.15) is 4.31 Å². The van der Waals surface area contributed by atoms with Crippen molar-refractivity contribution < 1.29 is 18.3 Å². The number of carbonyl (C=O) groups is 1. The van der Waals surface area contributed by atoms with Crippen molar-refractivity contribution in [3.63, 3.8) is 0 Å². The number of carboxylic acid groups (broad SMARTS) is 1. The van der Waals surface area contributed by atoms with Crippen LogP contribution in [-0.2, 0) is 21.9 Å². The standard InChI is InChI=1S/C7H9BrN4O4S/c1-11-6(5(8)9-10-11)17(15,16)12-2-4(3-12)7(13)14/h4H,2-3H2,1H3,(H,13,14). The molecule has 8 nitrogen and oxygen atoms in total. The Morgan fingerprint density at radius 2 is 2.12 bits per heavy atom. The van der Waals surface area contributed by atoms with Gasteiger partial charge in [0.1, 0.15) is 0 Å². The van der Waals surface area contributed by atoms with Crippen LogP contribution in [0.5, 0.6) is 0 Å². The van der Waals surface area contributed by atoms with Gasteiger partial charge in [0.05, 0.1) is 5.92 Å². The fourth-order valence-electron chi connectivity index (χ4n) is 1.51. The van der Waals surface area contributed by atoms with E-state index in [2.05, 4.69) is 26.2 Å². The molecule has 1 N–H and O–H groups in total. The minimum absolute atomic E-state index is 0.0186. The van der Waals surface area contributed by atoms with Crippen LogP contribution >= 0.6 is 15.9 Å². The summed E-state index contributed by atoms with van der Waals surface area (Å²) in [6.07, 6.45) is 0. The molecule has 2 rings (SSSR count). The lowest BCUT2D eigenvalue weighted by Crippen LogP contribution is -2.53. The summed E-state index contributed by atoms with van der Waals surface area (Å²) in [7, 11) is -2.27. The van der Waals surface area contributed by atoms with Crippen molar-refractivity contribution in [3.05, 3.63) is 4.60 Å². The molecule has 1 aromatic heterocycles.